The predicted molar refractivity (Wildman–Crippen MR) is 111 cm³/mol. The molecule has 1 saturated carbocycles. The summed E-state index contributed by atoms with van der Waals surface area (Å²) in [5.41, 5.74) is 0.203. The fourth-order valence-electron chi connectivity index (χ4n) is 3.33. The molecule has 0 radical (unpaired) electrons. The van der Waals surface area contributed by atoms with E-state index in [-0.39, 0.29) is 35.1 Å². The minimum atomic E-state index is -3.63. The fraction of sp³-hybridized carbons (Fsp3) is 0.619. The van der Waals surface area contributed by atoms with Gasteiger partial charge < -0.3 is 9.64 Å². The number of amides is 1. The second-order valence-electron chi connectivity index (χ2n) is 7.95. The number of hydrogen-bond acceptors (Lipinski definition) is 5. The molecule has 1 atom stereocenters. The lowest BCUT2D eigenvalue weighted by Crippen LogP contribution is -2.41. The van der Waals surface area contributed by atoms with Crippen LogP contribution in [-0.4, -0.2) is 50.9 Å². The number of benzene rings is 1. The van der Waals surface area contributed by atoms with Crippen LogP contribution in [0.3, 0.4) is 0 Å². The van der Waals surface area contributed by atoms with E-state index >= 15 is 0 Å². The molecule has 0 bridgehead atoms. The van der Waals surface area contributed by atoms with Crippen LogP contribution in [-0.2, 0) is 19.6 Å². The highest BCUT2D eigenvalue weighted by Gasteiger charge is 2.25. The Bertz CT molecular complexity index is 799. The fourth-order valence-corrected chi connectivity index (χ4v) is 4.66. The van der Waals surface area contributed by atoms with E-state index in [4.69, 9.17) is 4.74 Å². The third-order valence-electron chi connectivity index (χ3n) is 5.62. The zero-order valence-corrected chi connectivity index (χ0v) is 18.5. The summed E-state index contributed by atoms with van der Waals surface area (Å²) in [7, 11) is -1.88. The first-order valence-electron chi connectivity index (χ1n) is 10.2. The van der Waals surface area contributed by atoms with Crippen molar-refractivity contribution in [1.29, 1.82) is 0 Å². The lowest BCUT2D eigenvalue weighted by atomic mass is 9.87. The molecule has 8 heteroatoms. The van der Waals surface area contributed by atoms with E-state index in [2.05, 4.69) is 11.6 Å². The summed E-state index contributed by atoms with van der Waals surface area (Å²) in [5, 5.41) is 0. The van der Waals surface area contributed by atoms with Gasteiger partial charge in [0.1, 0.15) is 0 Å². The van der Waals surface area contributed by atoms with Crippen LogP contribution in [0.2, 0.25) is 0 Å². The summed E-state index contributed by atoms with van der Waals surface area (Å²) in [6, 6.07) is 5.52. The average Bonchev–Trinajstić information content (AvgIpc) is 2.71. The van der Waals surface area contributed by atoms with Gasteiger partial charge in [0.15, 0.2) is 6.61 Å². The van der Waals surface area contributed by atoms with Crippen LogP contribution in [0, 0.1) is 5.92 Å². The number of hydrogen-bond donors (Lipinski definition) is 1. The highest BCUT2D eigenvalue weighted by molar-refractivity contribution is 7.89. The van der Waals surface area contributed by atoms with Gasteiger partial charge >= 0.3 is 5.97 Å². The van der Waals surface area contributed by atoms with Crippen molar-refractivity contribution >= 4 is 21.9 Å². The molecule has 0 aromatic heterocycles. The van der Waals surface area contributed by atoms with Gasteiger partial charge in [0.25, 0.3) is 5.91 Å². The molecule has 0 saturated heterocycles. The van der Waals surface area contributed by atoms with Crippen LogP contribution >= 0.6 is 0 Å². The Hall–Kier alpha value is -1.93. The average molecular weight is 425 g/mol. The Morgan fingerprint density at radius 3 is 2.31 bits per heavy atom. The van der Waals surface area contributed by atoms with E-state index in [1.54, 1.807) is 18.9 Å². The normalized spacial score (nSPS) is 20.7. The number of carbonyl (C=O) groups is 2. The van der Waals surface area contributed by atoms with E-state index in [9.17, 15) is 18.0 Å². The molecule has 1 N–H and O–H groups in total. The van der Waals surface area contributed by atoms with Gasteiger partial charge in [0, 0.05) is 19.1 Å². The molecule has 1 aromatic carbocycles. The molecule has 0 spiro atoms. The first-order valence-corrected chi connectivity index (χ1v) is 11.7. The smallest absolute Gasteiger partial charge is 0.338 e. The summed E-state index contributed by atoms with van der Waals surface area (Å²) in [4.78, 5) is 26.3. The van der Waals surface area contributed by atoms with Gasteiger partial charge in [0.05, 0.1) is 10.5 Å². The van der Waals surface area contributed by atoms with Gasteiger partial charge in [-0.25, -0.2) is 17.9 Å². The molecule has 29 heavy (non-hydrogen) atoms. The van der Waals surface area contributed by atoms with Crippen molar-refractivity contribution in [1.82, 2.24) is 9.62 Å². The first kappa shape index (κ1) is 23.3. The van der Waals surface area contributed by atoms with Crippen molar-refractivity contribution in [3.05, 3.63) is 29.8 Å². The summed E-state index contributed by atoms with van der Waals surface area (Å²) in [6.07, 6.45) is 4.81. The zero-order valence-electron chi connectivity index (χ0n) is 17.7. The van der Waals surface area contributed by atoms with Gasteiger partial charge in [-0.05, 0) is 69.2 Å². The van der Waals surface area contributed by atoms with Gasteiger partial charge in [-0.1, -0.05) is 13.8 Å². The highest BCUT2D eigenvalue weighted by Crippen LogP contribution is 2.26. The number of esters is 1. The Morgan fingerprint density at radius 2 is 1.76 bits per heavy atom. The van der Waals surface area contributed by atoms with Crippen LogP contribution in [0.4, 0.5) is 0 Å². The van der Waals surface area contributed by atoms with Gasteiger partial charge in [-0.3, -0.25) is 4.79 Å². The van der Waals surface area contributed by atoms with Crippen molar-refractivity contribution in [3.63, 3.8) is 0 Å². The summed E-state index contributed by atoms with van der Waals surface area (Å²) < 4.78 is 32.2. The molecule has 1 aliphatic rings. The van der Waals surface area contributed by atoms with E-state index in [1.807, 2.05) is 6.92 Å². The number of sulfonamides is 1. The molecule has 1 unspecified atom stereocenters. The van der Waals surface area contributed by atoms with Crippen molar-refractivity contribution in [2.24, 2.45) is 5.92 Å². The molecule has 0 aliphatic heterocycles. The van der Waals surface area contributed by atoms with Gasteiger partial charge in [-0.15, -0.1) is 0 Å². The maximum atomic E-state index is 12.3. The summed E-state index contributed by atoms with van der Waals surface area (Å²) in [5.74, 6) is -0.183. The largest absolute Gasteiger partial charge is 0.452 e. The van der Waals surface area contributed by atoms with Crippen LogP contribution in [0.1, 0.15) is 63.2 Å². The quantitative estimate of drug-likeness (QED) is 0.648. The van der Waals surface area contributed by atoms with Crippen molar-refractivity contribution < 1.29 is 22.7 Å². The highest BCUT2D eigenvalue weighted by atomic mass is 32.2. The minimum Gasteiger partial charge on any atom is -0.452 e. The first-order chi connectivity index (χ1) is 13.6. The molecule has 2 rings (SSSR count). The predicted octanol–water partition coefficient (Wildman–Crippen LogP) is 2.96. The Kier molecular flexibility index (Phi) is 8.22. The van der Waals surface area contributed by atoms with E-state index in [0.717, 1.165) is 25.7 Å². The Morgan fingerprint density at radius 1 is 1.17 bits per heavy atom. The standard InChI is InChI=1S/C21H32N2O5S/c1-5-16(3)22-29(26,27)19-12-8-17(9-13-19)21(25)28-14-20(24)23(4)18-10-6-15(2)7-11-18/h8-9,12-13,15-16,18,22H,5-7,10-11,14H2,1-4H3. The molecule has 7 nitrogen and oxygen atoms in total. The molecule has 0 heterocycles. The molecule has 1 aromatic rings. The van der Waals surface area contributed by atoms with Crippen molar-refractivity contribution in [2.45, 2.75) is 69.9 Å². The number of likely N-dealkylation sites (N-methyl/N-ethyl adjacent to an activating group) is 1. The second-order valence-corrected chi connectivity index (χ2v) is 9.66. The third-order valence-corrected chi connectivity index (χ3v) is 7.23. The molecule has 162 valence electrons. The molecule has 1 amide bonds. The SMILES string of the molecule is CCC(C)NS(=O)(=O)c1ccc(C(=O)OCC(=O)N(C)C2CCC(C)CC2)cc1. The van der Waals surface area contributed by atoms with E-state index < -0.39 is 16.0 Å². The number of nitrogens with zero attached hydrogens (tertiary/aromatic N) is 1. The molecular weight excluding hydrogens is 392 g/mol. The Balaban J connectivity index is 1.90. The molecule has 1 aliphatic carbocycles. The Labute approximate surface area is 173 Å². The topological polar surface area (TPSA) is 92.8 Å². The third kappa shape index (κ3) is 6.54. The minimum absolute atomic E-state index is 0.0803. The van der Waals surface area contributed by atoms with E-state index in [1.165, 1.54) is 24.3 Å². The molecular formula is C21H32N2O5S. The van der Waals surface area contributed by atoms with Crippen molar-refractivity contribution in [2.75, 3.05) is 13.7 Å². The molecule has 1 fully saturated rings. The van der Waals surface area contributed by atoms with Gasteiger partial charge in [0.2, 0.25) is 10.0 Å². The number of rotatable bonds is 8. The van der Waals surface area contributed by atoms with Crippen molar-refractivity contribution in [3.8, 4) is 0 Å². The monoisotopic (exact) mass is 424 g/mol. The van der Waals surface area contributed by atoms with Crippen LogP contribution < -0.4 is 4.72 Å². The number of carbonyl (C=O) groups excluding carboxylic acids is 2. The maximum absolute atomic E-state index is 12.3. The maximum Gasteiger partial charge on any atom is 0.338 e. The summed E-state index contributed by atoms with van der Waals surface area (Å²) >= 11 is 0. The summed E-state index contributed by atoms with van der Waals surface area (Å²) in [6.45, 7) is 5.57. The van der Waals surface area contributed by atoms with Crippen LogP contribution in [0.25, 0.3) is 0 Å². The lowest BCUT2D eigenvalue weighted by molar-refractivity contribution is -0.136. The number of ether oxygens (including phenoxy) is 1. The van der Waals surface area contributed by atoms with Crippen LogP contribution in [0.5, 0.6) is 0 Å². The van der Waals surface area contributed by atoms with Gasteiger partial charge in [-0.2, -0.15) is 0 Å². The number of nitrogens with one attached hydrogen (secondary N) is 1. The van der Waals surface area contributed by atoms with E-state index in [0.29, 0.717) is 12.3 Å². The van der Waals surface area contributed by atoms with Crippen LogP contribution in [0.15, 0.2) is 29.2 Å². The second kappa shape index (κ2) is 10.2. The lowest BCUT2D eigenvalue weighted by Gasteiger charge is -2.33. The zero-order chi connectivity index (χ0) is 21.6.